The Morgan fingerprint density at radius 3 is 2.47 bits per heavy atom. The van der Waals surface area contributed by atoms with Crippen LogP contribution in [-0.2, 0) is 13.9 Å². The molecule has 94 valence electrons. The number of carbonyl (C=O) groups excluding carboxylic acids is 1. The molecule has 0 fully saturated rings. The van der Waals surface area contributed by atoms with Crippen molar-refractivity contribution in [1.82, 2.24) is 0 Å². The highest BCUT2D eigenvalue weighted by Gasteiger charge is 2.21. The van der Waals surface area contributed by atoms with Gasteiger partial charge in [-0.25, -0.2) is 13.2 Å². The number of para-hydroxylation sites is 1. The molecule has 0 aromatic heterocycles. The maximum Gasteiger partial charge on any atom is 0.351 e. The molecule has 5 nitrogen and oxygen atoms in total. The highest BCUT2D eigenvalue weighted by Crippen LogP contribution is 2.23. The lowest BCUT2D eigenvalue weighted by Gasteiger charge is -2.22. The van der Waals surface area contributed by atoms with Crippen molar-refractivity contribution in [3.63, 3.8) is 0 Å². The van der Waals surface area contributed by atoms with Gasteiger partial charge >= 0.3 is 5.97 Å². The van der Waals surface area contributed by atoms with Crippen LogP contribution in [0.5, 0.6) is 0 Å². The normalized spacial score (nSPS) is 11.0. The molecule has 0 aliphatic carbocycles. The van der Waals surface area contributed by atoms with Gasteiger partial charge in [0.15, 0.2) is 16.3 Å². The smallest absolute Gasteiger partial charge is 0.351 e. The Morgan fingerprint density at radius 1 is 1.41 bits per heavy atom. The fraction of sp³-hybridized carbons (Fsp3) is 0.300. The number of nitrogens with zero attached hydrogens (tertiary/aromatic N) is 1. The maximum atomic E-state index is 11.6. The number of sulfonamides is 1. The third-order valence-electron chi connectivity index (χ3n) is 2.15. The van der Waals surface area contributed by atoms with Crippen LogP contribution in [0.15, 0.2) is 24.3 Å². The fourth-order valence-electron chi connectivity index (χ4n) is 1.49. The van der Waals surface area contributed by atoms with Crippen molar-refractivity contribution in [2.24, 2.45) is 0 Å². The molecule has 0 radical (unpaired) electrons. The molecule has 17 heavy (non-hydrogen) atoms. The minimum Gasteiger partial charge on any atom is -0.380 e. The minimum absolute atomic E-state index is 0.191. The van der Waals surface area contributed by atoms with Crippen LogP contribution >= 0.6 is 16.3 Å². The quantitative estimate of drug-likeness (QED) is 0.850. The monoisotopic (exact) mass is 321 g/mol. The Morgan fingerprint density at radius 2 is 2.00 bits per heavy atom. The summed E-state index contributed by atoms with van der Waals surface area (Å²) < 4.78 is 28.8. The molecule has 0 unspecified atom stereocenters. The molecule has 1 aromatic carbocycles. The molecular weight excluding hydrogens is 310 g/mol. The minimum atomic E-state index is -3.42. The summed E-state index contributed by atoms with van der Waals surface area (Å²) in [5, 5.41) is 0. The molecule has 1 aromatic rings. The van der Waals surface area contributed by atoms with Crippen LogP contribution in [0.3, 0.4) is 0 Å². The van der Waals surface area contributed by atoms with Gasteiger partial charge in [-0.05, 0) is 19.1 Å². The number of hydrogen-bond donors (Lipinski definition) is 0. The zero-order valence-corrected chi connectivity index (χ0v) is 11.8. The summed E-state index contributed by atoms with van der Waals surface area (Å²) in [6.07, 6.45) is 1.09. The van der Waals surface area contributed by atoms with Crippen LogP contribution in [0, 0.1) is 0 Å². The van der Waals surface area contributed by atoms with Gasteiger partial charge in [0, 0.05) is 6.54 Å². The average molecular weight is 322 g/mol. The first-order valence-corrected chi connectivity index (χ1v) is 7.31. The Bertz CT molecular complexity index is 515. The SMILES string of the molecule is CCN(c1ccccc1C(=O)OBr)S(C)(=O)=O. The van der Waals surface area contributed by atoms with E-state index in [9.17, 15) is 13.2 Å². The molecule has 0 aliphatic heterocycles. The molecule has 0 aliphatic rings. The zero-order valence-electron chi connectivity index (χ0n) is 9.38. The van der Waals surface area contributed by atoms with E-state index >= 15 is 0 Å². The predicted octanol–water partition coefficient (Wildman–Crippen LogP) is 1.94. The van der Waals surface area contributed by atoms with Gasteiger partial charge in [-0.2, -0.15) is 0 Å². The van der Waals surface area contributed by atoms with E-state index in [4.69, 9.17) is 0 Å². The van der Waals surface area contributed by atoms with Crippen molar-refractivity contribution in [3.05, 3.63) is 29.8 Å². The molecular formula is C10H12BrNO4S. The summed E-state index contributed by atoms with van der Waals surface area (Å²) in [7, 11) is -3.42. The zero-order chi connectivity index (χ0) is 13.1. The third kappa shape index (κ3) is 3.19. The summed E-state index contributed by atoms with van der Waals surface area (Å²) in [6.45, 7) is 1.93. The van der Waals surface area contributed by atoms with Crippen LogP contribution in [0.1, 0.15) is 17.3 Å². The lowest BCUT2D eigenvalue weighted by molar-refractivity contribution is 0.0782. The topological polar surface area (TPSA) is 63.7 Å². The number of hydrogen-bond acceptors (Lipinski definition) is 4. The van der Waals surface area contributed by atoms with Crippen LogP contribution < -0.4 is 4.31 Å². The lowest BCUT2D eigenvalue weighted by Crippen LogP contribution is -2.30. The molecule has 1 rings (SSSR count). The summed E-state index contributed by atoms with van der Waals surface area (Å²) in [5.74, 6) is -0.636. The first-order chi connectivity index (χ1) is 7.91. The van der Waals surface area contributed by atoms with Gasteiger partial charge in [0.25, 0.3) is 0 Å². The first kappa shape index (κ1) is 14.0. The van der Waals surface area contributed by atoms with Crippen molar-refractivity contribution in [3.8, 4) is 0 Å². The first-order valence-electron chi connectivity index (χ1n) is 4.81. The van der Waals surface area contributed by atoms with E-state index in [0.29, 0.717) is 5.69 Å². The third-order valence-corrected chi connectivity index (χ3v) is 3.70. The van der Waals surface area contributed by atoms with Crippen LogP contribution in [0.4, 0.5) is 5.69 Å². The summed E-state index contributed by atoms with van der Waals surface area (Å²) >= 11 is 2.59. The largest absolute Gasteiger partial charge is 0.380 e. The van der Waals surface area contributed by atoms with Crippen molar-refractivity contribution < 1.29 is 17.0 Å². The van der Waals surface area contributed by atoms with Crippen LogP contribution in [0.2, 0.25) is 0 Å². The van der Waals surface area contributed by atoms with E-state index in [1.165, 1.54) is 6.07 Å². The van der Waals surface area contributed by atoms with Gasteiger partial charge in [0.1, 0.15) is 0 Å². The molecule has 0 saturated carbocycles. The maximum absolute atomic E-state index is 11.6. The Kier molecular flexibility index (Phi) is 4.53. The molecule has 0 spiro atoms. The highest BCUT2D eigenvalue weighted by atomic mass is 79.9. The molecule has 0 N–H and O–H groups in total. The second kappa shape index (κ2) is 5.50. The number of carbonyl (C=O) groups is 1. The number of benzene rings is 1. The van der Waals surface area contributed by atoms with Gasteiger partial charge in [0.05, 0.1) is 17.5 Å². The van der Waals surface area contributed by atoms with E-state index in [0.717, 1.165) is 10.6 Å². The highest BCUT2D eigenvalue weighted by molar-refractivity contribution is 9.06. The predicted molar refractivity (Wildman–Crippen MR) is 68.6 cm³/mol. The van der Waals surface area contributed by atoms with Gasteiger partial charge in [-0.15, -0.1) is 0 Å². The van der Waals surface area contributed by atoms with E-state index in [1.54, 1.807) is 25.1 Å². The molecule has 7 heteroatoms. The Hall–Kier alpha value is -1.08. The number of anilines is 1. The second-order valence-corrected chi connectivity index (χ2v) is 5.54. The van der Waals surface area contributed by atoms with E-state index < -0.39 is 16.0 Å². The lowest BCUT2D eigenvalue weighted by atomic mass is 10.2. The molecule has 0 heterocycles. The van der Waals surface area contributed by atoms with Gasteiger partial charge in [-0.1, -0.05) is 12.1 Å². The average Bonchev–Trinajstić information content (AvgIpc) is 2.28. The van der Waals surface area contributed by atoms with Gasteiger partial charge in [0.2, 0.25) is 10.0 Å². The summed E-state index contributed by atoms with van der Waals surface area (Å²) in [6, 6.07) is 6.36. The van der Waals surface area contributed by atoms with E-state index in [1.807, 2.05) is 0 Å². The van der Waals surface area contributed by atoms with Crippen molar-refractivity contribution in [1.29, 1.82) is 0 Å². The number of halogens is 1. The van der Waals surface area contributed by atoms with Crippen molar-refractivity contribution >= 4 is 37.9 Å². The van der Waals surface area contributed by atoms with E-state index in [2.05, 4.69) is 20.1 Å². The second-order valence-electron chi connectivity index (χ2n) is 3.31. The Balaban J connectivity index is 3.35. The van der Waals surface area contributed by atoms with Gasteiger partial charge in [-0.3, -0.25) is 4.31 Å². The van der Waals surface area contributed by atoms with Crippen LogP contribution in [-0.4, -0.2) is 27.2 Å². The summed E-state index contributed by atoms with van der Waals surface area (Å²) in [4.78, 5) is 11.5. The van der Waals surface area contributed by atoms with Crippen molar-refractivity contribution in [2.45, 2.75) is 6.92 Å². The number of rotatable bonds is 4. The summed E-state index contributed by atoms with van der Waals surface area (Å²) in [5.41, 5.74) is 0.499. The molecule has 0 atom stereocenters. The van der Waals surface area contributed by atoms with Crippen LogP contribution in [0.25, 0.3) is 0 Å². The molecule has 0 bridgehead atoms. The fourth-order valence-corrected chi connectivity index (χ4v) is 2.65. The van der Waals surface area contributed by atoms with E-state index in [-0.39, 0.29) is 12.1 Å². The van der Waals surface area contributed by atoms with Gasteiger partial charge < -0.3 is 3.83 Å². The molecule has 0 amide bonds. The standard InChI is InChI=1S/C10H12BrNO4S/c1-3-12(17(2,14)15)9-7-5-4-6-8(9)10(13)16-11/h4-7H,3H2,1-2H3. The molecule has 0 saturated heterocycles. The van der Waals surface area contributed by atoms with Crippen molar-refractivity contribution in [2.75, 3.05) is 17.1 Å². The Labute approximate surface area is 109 Å².